The first-order valence-corrected chi connectivity index (χ1v) is 7.50. The van der Waals surface area contributed by atoms with E-state index in [0.29, 0.717) is 6.04 Å². The Bertz CT molecular complexity index is 398. The fourth-order valence-corrected chi connectivity index (χ4v) is 4.12. The van der Waals surface area contributed by atoms with E-state index < -0.39 is 0 Å². The summed E-state index contributed by atoms with van der Waals surface area (Å²) in [4.78, 5) is 0. The van der Waals surface area contributed by atoms with Crippen molar-refractivity contribution < 1.29 is 0 Å². The van der Waals surface area contributed by atoms with E-state index in [0.717, 1.165) is 24.3 Å². The maximum Gasteiger partial charge on any atom is 0.0537 e. The van der Waals surface area contributed by atoms with Gasteiger partial charge in [0.1, 0.15) is 0 Å². The van der Waals surface area contributed by atoms with Gasteiger partial charge in [-0.1, -0.05) is 13.3 Å². The largest absolute Gasteiger partial charge is 0.310 e. The Morgan fingerprint density at radius 2 is 2.33 bits per heavy atom. The van der Waals surface area contributed by atoms with Gasteiger partial charge < -0.3 is 5.32 Å². The maximum absolute atomic E-state index is 4.36. The van der Waals surface area contributed by atoms with Crippen LogP contribution in [0.15, 0.2) is 12.4 Å². The predicted octanol–water partition coefficient (Wildman–Crippen LogP) is 2.90. The van der Waals surface area contributed by atoms with Gasteiger partial charge in [-0.2, -0.15) is 5.10 Å². The van der Waals surface area contributed by atoms with Crippen molar-refractivity contribution in [2.45, 2.75) is 45.1 Å². The number of nitrogens with zero attached hydrogens (tertiary/aromatic N) is 2. The van der Waals surface area contributed by atoms with Crippen LogP contribution < -0.4 is 5.32 Å². The summed E-state index contributed by atoms with van der Waals surface area (Å²) in [6.45, 7) is 3.36. The highest BCUT2D eigenvalue weighted by Gasteiger charge is 2.43. The summed E-state index contributed by atoms with van der Waals surface area (Å²) in [6, 6.07) is 0.536. The van der Waals surface area contributed by atoms with E-state index in [-0.39, 0.29) is 0 Å². The van der Waals surface area contributed by atoms with Gasteiger partial charge in [-0.3, -0.25) is 4.68 Å². The molecular formula is C15H25N3. The van der Waals surface area contributed by atoms with Crippen LogP contribution in [0.25, 0.3) is 0 Å². The minimum atomic E-state index is 0.536. The van der Waals surface area contributed by atoms with Crippen molar-refractivity contribution in [2.24, 2.45) is 24.8 Å². The second kappa shape index (κ2) is 5.04. The number of hydrogen-bond acceptors (Lipinski definition) is 2. The van der Waals surface area contributed by atoms with Gasteiger partial charge in [0, 0.05) is 24.8 Å². The van der Waals surface area contributed by atoms with Gasteiger partial charge >= 0.3 is 0 Å². The summed E-state index contributed by atoms with van der Waals surface area (Å²) in [5.41, 5.74) is 1.39. The zero-order valence-electron chi connectivity index (χ0n) is 11.6. The molecule has 3 heteroatoms. The highest BCUT2D eigenvalue weighted by molar-refractivity contribution is 5.14. The Balaban J connectivity index is 1.77. The molecular weight excluding hydrogens is 222 g/mol. The molecule has 1 N–H and O–H groups in total. The second-order valence-electron chi connectivity index (χ2n) is 6.22. The summed E-state index contributed by atoms with van der Waals surface area (Å²) < 4.78 is 1.93. The first kappa shape index (κ1) is 12.2. The number of hydrogen-bond donors (Lipinski definition) is 1. The van der Waals surface area contributed by atoms with Gasteiger partial charge in [0.15, 0.2) is 0 Å². The summed E-state index contributed by atoms with van der Waals surface area (Å²) in [5.74, 6) is 2.83. The molecule has 1 aromatic rings. The third kappa shape index (κ3) is 2.20. The van der Waals surface area contributed by atoms with Crippen LogP contribution in [0.1, 0.15) is 50.6 Å². The van der Waals surface area contributed by atoms with Crippen LogP contribution >= 0.6 is 0 Å². The SMILES string of the molecule is CCCNC(c1cnn(C)c1)C1CC2CCC1C2. The number of nitrogens with one attached hydrogen (secondary N) is 1. The minimum Gasteiger partial charge on any atom is -0.310 e. The molecule has 0 radical (unpaired) electrons. The topological polar surface area (TPSA) is 29.9 Å². The Morgan fingerprint density at radius 1 is 1.44 bits per heavy atom. The molecule has 2 aliphatic carbocycles. The lowest BCUT2D eigenvalue weighted by Crippen LogP contribution is -2.31. The Morgan fingerprint density at radius 3 is 2.89 bits per heavy atom. The maximum atomic E-state index is 4.36. The molecule has 2 saturated carbocycles. The zero-order valence-corrected chi connectivity index (χ0v) is 11.6. The third-order valence-electron chi connectivity index (χ3n) is 4.92. The van der Waals surface area contributed by atoms with Crippen molar-refractivity contribution in [3.63, 3.8) is 0 Å². The highest BCUT2D eigenvalue weighted by atomic mass is 15.2. The first-order valence-electron chi connectivity index (χ1n) is 7.50. The van der Waals surface area contributed by atoms with E-state index in [2.05, 4.69) is 29.7 Å². The van der Waals surface area contributed by atoms with Crippen molar-refractivity contribution in [1.29, 1.82) is 0 Å². The molecule has 0 amide bonds. The standard InChI is InChI=1S/C15H25N3/c1-3-6-16-15(13-9-17-18(2)10-13)14-8-11-4-5-12(14)7-11/h9-12,14-16H,3-8H2,1-2H3. The van der Waals surface area contributed by atoms with Crippen molar-refractivity contribution in [1.82, 2.24) is 15.1 Å². The van der Waals surface area contributed by atoms with Crippen LogP contribution in [-0.2, 0) is 7.05 Å². The van der Waals surface area contributed by atoms with Crippen LogP contribution in [-0.4, -0.2) is 16.3 Å². The molecule has 1 aromatic heterocycles. The monoisotopic (exact) mass is 247 g/mol. The van der Waals surface area contributed by atoms with Crippen LogP contribution in [0.4, 0.5) is 0 Å². The summed E-state index contributed by atoms with van der Waals surface area (Å²) >= 11 is 0. The molecule has 100 valence electrons. The van der Waals surface area contributed by atoms with Crippen LogP contribution in [0.2, 0.25) is 0 Å². The van der Waals surface area contributed by atoms with Gasteiger partial charge in [-0.25, -0.2) is 0 Å². The fourth-order valence-electron chi connectivity index (χ4n) is 4.12. The van der Waals surface area contributed by atoms with Crippen molar-refractivity contribution in [2.75, 3.05) is 6.54 Å². The number of aromatic nitrogens is 2. The third-order valence-corrected chi connectivity index (χ3v) is 4.92. The molecule has 2 fully saturated rings. The lowest BCUT2D eigenvalue weighted by atomic mass is 9.81. The van der Waals surface area contributed by atoms with E-state index in [1.807, 2.05) is 11.7 Å². The molecule has 1 heterocycles. The van der Waals surface area contributed by atoms with Crippen LogP contribution in [0.5, 0.6) is 0 Å². The van der Waals surface area contributed by atoms with Gasteiger partial charge in [0.25, 0.3) is 0 Å². The van der Waals surface area contributed by atoms with E-state index in [1.54, 1.807) is 0 Å². The van der Waals surface area contributed by atoms with Crippen molar-refractivity contribution in [3.05, 3.63) is 18.0 Å². The zero-order chi connectivity index (χ0) is 12.5. The Kier molecular flexibility index (Phi) is 3.42. The molecule has 3 rings (SSSR count). The number of rotatable bonds is 5. The average Bonchev–Trinajstić information content (AvgIpc) is 3.06. The van der Waals surface area contributed by atoms with Crippen molar-refractivity contribution >= 4 is 0 Å². The predicted molar refractivity (Wildman–Crippen MR) is 73.2 cm³/mol. The van der Waals surface area contributed by atoms with Gasteiger partial charge in [0.05, 0.1) is 6.20 Å². The van der Waals surface area contributed by atoms with Gasteiger partial charge in [-0.15, -0.1) is 0 Å². The van der Waals surface area contributed by atoms with Gasteiger partial charge in [-0.05, 0) is 50.0 Å². The molecule has 4 unspecified atom stereocenters. The molecule has 3 nitrogen and oxygen atoms in total. The number of aryl methyl sites for hydroxylation is 1. The lowest BCUT2D eigenvalue weighted by Gasteiger charge is -2.30. The molecule has 0 spiro atoms. The molecule has 0 saturated heterocycles. The minimum absolute atomic E-state index is 0.536. The van der Waals surface area contributed by atoms with Gasteiger partial charge in [0.2, 0.25) is 0 Å². The summed E-state index contributed by atoms with van der Waals surface area (Å²) in [7, 11) is 2.02. The summed E-state index contributed by atoms with van der Waals surface area (Å²) in [5, 5.41) is 8.13. The highest BCUT2D eigenvalue weighted by Crippen LogP contribution is 2.52. The Labute approximate surface area is 110 Å². The second-order valence-corrected chi connectivity index (χ2v) is 6.22. The van der Waals surface area contributed by atoms with Crippen LogP contribution in [0.3, 0.4) is 0 Å². The normalized spacial score (nSPS) is 32.0. The van der Waals surface area contributed by atoms with E-state index in [4.69, 9.17) is 0 Å². The molecule has 2 bridgehead atoms. The molecule has 2 aliphatic rings. The van der Waals surface area contributed by atoms with E-state index in [9.17, 15) is 0 Å². The molecule has 4 atom stereocenters. The summed E-state index contributed by atoms with van der Waals surface area (Å²) in [6.07, 6.45) is 11.3. The molecule has 0 aromatic carbocycles. The Hall–Kier alpha value is -0.830. The molecule has 18 heavy (non-hydrogen) atoms. The first-order chi connectivity index (χ1) is 8.78. The van der Waals surface area contributed by atoms with E-state index in [1.165, 1.54) is 37.7 Å². The van der Waals surface area contributed by atoms with E-state index >= 15 is 0 Å². The number of fused-ring (bicyclic) bond motifs is 2. The van der Waals surface area contributed by atoms with Crippen molar-refractivity contribution in [3.8, 4) is 0 Å². The average molecular weight is 247 g/mol. The lowest BCUT2D eigenvalue weighted by molar-refractivity contribution is 0.251. The smallest absolute Gasteiger partial charge is 0.0537 e. The fraction of sp³-hybridized carbons (Fsp3) is 0.800. The van der Waals surface area contributed by atoms with Crippen LogP contribution in [0, 0.1) is 17.8 Å². The molecule has 0 aliphatic heterocycles. The quantitative estimate of drug-likeness (QED) is 0.867.